The predicted molar refractivity (Wildman–Crippen MR) is 116 cm³/mol. The molecule has 1 heterocycles. The van der Waals surface area contributed by atoms with Gasteiger partial charge in [-0.15, -0.1) is 0 Å². The van der Waals surface area contributed by atoms with E-state index in [0.717, 1.165) is 47.8 Å². The molecule has 30 heavy (non-hydrogen) atoms. The summed E-state index contributed by atoms with van der Waals surface area (Å²) >= 11 is 0. The van der Waals surface area contributed by atoms with Gasteiger partial charge < -0.3 is 14.8 Å². The summed E-state index contributed by atoms with van der Waals surface area (Å²) in [6, 6.07) is 7.66. The van der Waals surface area contributed by atoms with E-state index >= 15 is 0 Å². The number of carbonyl (C=O) groups is 2. The normalized spacial score (nSPS) is 16.2. The summed E-state index contributed by atoms with van der Waals surface area (Å²) in [7, 11) is 1.57. The lowest BCUT2D eigenvalue weighted by molar-refractivity contribution is -0.124. The lowest BCUT2D eigenvalue weighted by Gasteiger charge is -2.37. The number of methoxy groups -OCH3 is 1. The Labute approximate surface area is 178 Å². The molecular weight excluding hydrogens is 380 g/mol. The van der Waals surface area contributed by atoms with Gasteiger partial charge in [-0.25, -0.2) is 4.79 Å². The number of carbonyl (C=O) groups excluding carboxylic acids is 2. The molecule has 1 atom stereocenters. The van der Waals surface area contributed by atoms with Gasteiger partial charge in [-0.3, -0.25) is 9.78 Å². The van der Waals surface area contributed by atoms with Gasteiger partial charge in [0.2, 0.25) is 0 Å². The van der Waals surface area contributed by atoms with E-state index in [2.05, 4.69) is 26.1 Å². The minimum atomic E-state index is -0.457. The predicted octanol–water partition coefficient (Wildman–Crippen LogP) is 3.70. The lowest BCUT2D eigenvalue weighted by Crippen LogP contribution is -2.32. The number of hydrogen-bond donors (Lipinski definition) is 1. The molecule has 0 unspecified atom stereocenters. The number of benzene rings is 1. The van der Waals surface area contributed by atoms with Gasteiger partial charge in [0, 0.05) is 24.7 Å². The molecule has 1 aromatic carbocycles. The van der Waals surface area contributed by atoms with E-state index < -0.39 is 5.97 Å². The average Bonchev–Trinajstić information content (AvgIpc) is 2.75. The molecule has 0 aliphatic heterocycles. The van der Waals surface area contributed by atoms with Crippen LogP contribution in [-0.2, 0) is 27.1 Å². The van der Waals surface area contributed by atoms with Crippen molar-refractivity contribution in [3.63, 3.8) is 0 Å². The largest absolute Gasteiger partial charge is 0.452 e. The summed E-state index contributed by atoms with van der Waals surface area (Å²) in [6.45, 7) is 7.29. The number of rotatable bonds is 8. The Morgan fingerprint density at radius 2 is 2.03 bits per heavy atom. The Balaban J connectivity index is 1.90. The smallest absolute Gasteiger partial charge is 0.339 e. The number of aromatic nitrogens is 1. The molecular formula is C24H32N2O4. The van der Waals surface area contributed by atoms with Gasteiger partial charge in [0.05, 0.1) is 17.7 Å². The molecule has 3 rings (SSSR count). The summed E-state index contributed by atoms with van der Waals surface area (Å²) in [5.41, 5.74) is 3.51. The number of pyridine rings is 1. The standard InChI is InChI=1S/C24H32N2O4/c1-5-24(2,3)16-10-11-20-18(14-16)22(17-8-6-7-9-19(17)26-20)23(28)30-15-21(27)25-12-13-29-4/h6-9,16H,5,10-15H2,1-4H3,(H,25,27)/t16-/m0/s1. The Morgan fingerprint density at radius 3 is 2.77 bits per heavy atom. The summed E-state index contributed by atoms with van der Waals surface area (Å²) in [6.07, 6.45) is 3.80. The van der Waals surface area contributed by atoms with Crippen LogP contribution < -0.4 is 5.32 Å². The molecule has 0 fully saturated rings. The monoisotopic (exact) mass is 412 g/mol. The average molecular weight is 413 g/mol. The number of hydrogen-bond acceptors (Lipinski definition) is 5. The number of ether oxygens (including phenoxy) is 2. The van der Waals surface area contributed by atoms with Crippen LogP contribution in [0.2, 0.25) is 0 Å². The Hall–Kier alpha value is -2.47. The number of nitrogens with zero attached hydrogens (tertiary/aromatic N) is 1. The number of para-hydroxylation sites is 1. The van der Waals surface area contributed by atoms with Crippen LogP contribution in [0.5, 0.6) is 0 Å². The number of amides is 1. The van der Waals surface area contributed by atoms with Crippen LogP contribution in [0.4, 0.5) is 0 Å². The van der Waals surface area contributed by atoms with Crippen molar-refractivity contribution in [3.8, 4) is 0 Å². The lowest BCUT2D eigenvalue weighted by atomic mass is 9.68. The summed E-state index contributed by atoms with van der Waals surface area (Å²) in [4.78, 5) is 30.0. The van der Waals surface area contributed by atoms with E-state index in [-0.39, 0.29) is 17.9 Å². The minimum absolute atomic E-state index is 0.186. The number of nitrogens with one attached hydrogen (secondary N) is 1. The van der Waals surface area contributed by atoms with E-state index in [4.69, 9.17) is 14.5 Å². The quantitative estimate of drug-likeness (QED) is 0.528. The van der Waals surface area contributed by atoms with Crippen molar-refractivity contribution in [1.82, 2.24) is 10.3 Å². The first-order valence-corrected chi connectivity index (χ1v) is 10.7. The van der Waals surface area contributed by atoms with Crippen molar-refractivity contribution < 1.29 is 19.1 Å². The second kappa shape index (κ2) is 9.56. The third-order valence-corrected chi connectivity index (χ3v) is 6.44. The van der Waals surface area contributed by atoms with Crippen LogP contribution >= 0.6 is 0 Å². The number of esters is 1. The molecule has 0 saturated carbocycles. The molecule has 1 aromatic heterocycles. The Kier molecular flexibility index (Phi) is 7.08. The first-order valence-electron chi connectivity index (χ1n) is 10.7. The van der Waals surface area contributed by atoms with Crippen LogP contribution in [0.25, 0.3) is 10.9 Å². The van der Waals surface area contributed by atoms with E-state index in [1.165, 1.54) is 0 Å². The van der Waals surface area contributed by atoms with E-state index in [1.807, 2.05) is 24.3 Å². The maximum atomic E-state index is 13.1. The maximum Gasteiger partial charge on any atom is 0.339 e. The second-order valence-corrected chi connectivity index (χ2v) is 8.63. The summed E-state index contributed by atoms with van der Waals surface area (Å²) in [5, 5.41) is 3.46. The zero-order chi connectivity index (χ0) is 21.7. The van der Waals surface area contributed by atoms with Crippen LogP contribution in [0.15, 0.2) is 24.3 Å². The molecule has 0 spiro atoms. The van der Waals surface area contributed by atoms with Gasteiger partial charge in [0.15, 0.2) is 6.61 Å². The van der Waals surface area contributed by atoms with Crippen LogP contribution in [0.1, 0.15) is 55.2 Å². The van der Waals surface area contributed by atoms with E-state index in [0.29, 0.717) is 24.6 Å². The molecule has 1 N–H and O–H groups in total. The fraction of sp³-hybridized carbons (Fsp3) is 0.542. The highest BCUT2D eigenvalue weighted by atomic mass is 16.5. The van der Waals surface area contributed by atoms with Gasteiger partial charge in [-0.1, -0.05) is 45.4 Å². The van der Waals surface area contributed by atoms with Crippen molar-refractivity contribution >= 4 is 22.8 Å². The molecule has 6 nitrogen and oxygen atoms in total. The molecule has 0 radical (unpaired) electrons. The zero-order valence-corrected chi connectivity index (χ0v) is 18.4. The minimum Gasteiger partial charge on any atom is -0.452 e. The second-order valence-electron chi connectivity index (χ2n) is 8.63. The van der Waals surface area contributed by atoms with Crippen LogP contribution in [-0.4, -0.2) is 43.7 Å². The first kappa shape index (κ1) is 22.2. The molecule has 0 saturated heterocycles. The molecule has 162 valence electrons. The summed E-state index contributed by atoms with van der Waals surface area (Å²) in [5.74, 6) is -0.318. The SMILES string of the molecule is CCC(C)(C)[C@H]1CCc2nc3ccccc3c(C(=O)OCC(=O)NCCOC)c2C1. The van der Waals surface area contributed by atoms with Crippen molar-refractivity contribution in [2.45, 2.75) is 46.5 Å². The zero-order valence-electron chi connectivity index (χ0n) is 18.4. The highest BCUT2D eigenvalue weighted by Gasteiger charge is 2.34. The third kappa shape index (κ3) is 4.81. The summed E-state index contributed by atoms with van der Waals surface area (Å²) < 4.78 is 10.3. The fourth-order valence-corrected chi connectivity index (χ4v) is 4.12. The van der Waals surface area contributed by atoms with Gasteiger partial charge in [-0.05, 0) is 42.2 Å². The number of fused-ring (bicyclic) bond motifs is 2. The first-order chi connectivity index (χ1) is 14.4. The molecule has 1 aliphatic rings. The molecule has 0 bridgehead atoms. The Morgan fingerprint density at radius 1 is 1.27 bits per heavy atom. The van der Waals surface area contributed by atoms with E-state index in [9.17, 15) is 9.59 Å². The van der Waals surface area contributed by atoms with Crippen molar-refractivity contribution in [1.29, 1.82) is 0 Å². The fourth-order valence-electron chi connectivity index (χ4n) is 4.12. The Bertz CT molecular complexity index is 923. The number of aryl methyl sites for hydroxylation is 1. The van der Waals surface area contributed by atoms with Gasteiger partial charge in [-0.2, -0.15) is 0 Å². The van der Waals surface area contributed by atoms with Crippen LogP contribution in [0, 0.1) is 11.3 Å². The molecule has 1 amide bonds. The van der Waals surface area contributed by atoms with Crippen LogP contribution in [0.3, 0.4) is 0 Å². The topological polar surface area (TPSA) is 77.5 Å². The van der Waals surface area contributed by atoms with Crippen molar-refractivity contribution in [3.05, 3.63) is 41.1 Å². The maximum absolute atomic E-state index is 13.1. The van der Waals surface area contributed by atoms with Gasteiger partial charge in [0.25, 0.3) is 5.91 Å². The third-order valence-electron chi connectivity index (χ3n) is 6.44. The van der Waals surface area contributed by atoms with E-state index in [1.54, 1.807) is 7.11 Å². The molecule has 2 aromatic rings. The van der Waals surface area contributed by atoms with Crippen molar-refractivity contribution in [2.75, 3.05) is 26.9 Å². The van der Waals surface area contributed by atoms with Gasteiger partial charge >= 0.3 is 5.97 Å². The highest BCUT2D eigenvalue weighted by molar-refractivity contribution is 6.05. The molecule has 6 heteroatoms. The van der Waals surface area contributed by atoms with Gasteiger partial charge in [0.1, 0.15) is 0 Å². The molecule has 1 aliphatic carbocycles. The van der Waals surface area contributed by atoms with Crippen molar-refractivity contribution in [2.24, 2.45) is 11.3 Å². The highest BCUT2D eigenvalue weighted by Crippen LogP contribution is 2.41.